The number of carbonyl (C=O) groups excluding carboxylic acids is 2. The van der Waals surface area contributed by atoms with Gasteiger partial charge >= 0.3 is 0 Å². The number of benzene rings is 1. The quantitative estimate of drug-likeness (QED) is 0.212. The maximum Gasteiger partial charge on any atom is 0.257 e. The monoisotopic (exact) mass is 523 g/mol. The number of aliphatic imine (C=N–C) groups is 1. The Kier molecular flexibility index (Phi) is 7.33. The number of hydrogen-bond donors (Lipinski definition) is 3. The van der Waals surface area contributed by atoms with Crippen LogP contribution in [-0.2, 0) is 9.59 Å². The molecule has 38 heavy (non-hydrogen) atoms. The fourth-order valence-electron chi connectivity index (χ4n) is 3.56. The summed E-state index contributed by atoms with van der Waals surface area (Å²) < 4.78 is 38.6. The molecule has 0 aliphatic heterocycles. The molecule has 0 bridgehead atoms. The predicted octanol–water partition coefficient (Wildman–Crippen LogP) is 4.60. The molecule has 4 rings (SSSR count). The molecule has 1 aromatic carbocycles. The number of allylic oxidation sites excluding steroid dienone is 1. The Hall–Kier alpha value is -4.87. The van der Waals surface area contributed by atoms with E-state index in [4.69, 9.17) is 9.47 Å². The van der Waals surface area contributed by atoms with E-state index in [9.17, 15) is 23.5 Å². The van der Waals surface area contributed by atoms with E-state index < -0.39 is 34.7 Å². The van der Waals surface area contributed by atoms with Crippen LogP contribution < -0.4 is 20.1 Å². The van der Waals surface area contributed by atoms with Gasteiger partial charge in [0.1, 0.15) is 16.9 Å². The first-order valence-electron chi connectivity index (χ1n) is 11.3. The fourth-order valence-corrected chi connectivity index (χ4v) is 3.56. The van der Waals surface area contributed by atoms with Crippen LogP contribution in [0.2, 0.25) is 0 Å². The number of pyridine rings is 2. The van der Waals surface area contributed by atoms with Crippen LogP contribution in [0.1, 0.15) is 25.5 Å². The van der Waals surface area contributed by atoms with Crippen LogP contribution in [0, 0.1) is 17.0 Å². The minimum atomic E-state index is -1.32. The number of nitrogens with one attached hydrogen (secondary N) is 2. The Morgan fingerprint density at radius 3 is 2.32 bits per heavy atom. The molecular weight excluding hydrogens is 500 g/mol. The van der Waals surface area contributed by atoms with Gasteiger partial charge in [-0.05, 0) is 56.8 Å². The molecule has 0 spiro atoms. The van der Waals surface area contributed by atoms with Crippen molar-refractivity contribution < 1.29 is 33.0 Å². The Morgan fingerprint density at radius 2 is 1.76 bits per heavy atom. The van der Waals surface area contributed by atoms with Crippen LogP contribution in [0.5, 0.6) is 17.5 Å². The molecule has 3 N–H and O–H groups in total. The van der Waals surface area contributed by atoms with Crippen LogP contribution in [0.15, 0.2) is 53.7 Å². The van der Waals surface area contributed by atoms with Gasteiger partial charge in [-0.25, -0.2) is 18.7 Å². The highest BCUT2D eigenvalue weighted by Gasteiger charge is 2.56. The fraction of sp³-hybridized carbons (Fsp3) is 0.192. The van der Waals surface area contributed by atoms with Crippen molar-refractivity contribution in [3.05, 3.63) is 66.0 Å². The van der Waals surface area contributed by atoms with E-state index in [1.165, 1.54) is 49.7 Å². The van der Waals surface area contributed by atoms with Gasteiger partial charge in [0.15, 0.2) is 17.3 Å². The van der Waals surface area contributed by atoms with Gasteiger partial charge in [-0.3, -0.25) is 14.6 Å². The Labute approximate surface area is 216 Å². The van der Waals surface area contributed by atoms with Crippen molar-refractivity contribution in [1.29, 1.82) is 0 Å². The molecule has 2 aromatic heterocycles. The van der Waals surface area contributed by atoms with E-state index in [0.29, 0.717) is 18.5 Å². The van der Waals surface area contributed by atoms with Gasteiger partial charge in [0.05, 0.1) is 24.7 Å². The van der Waals surface area contributed by atoms with Gasteiger partial charge < -0.3 is 25.2 Å². The molecule has 1 fully saturated rings. The highest BCUT2D eigenvalue weighted by molar-refractivity contribution is 6.16. The summed E-state index contributed by atoms with van der Waals surface area (Å²) in [6.45, 7) is 5.05. The summed E-state index contributed by atoms with van der Waals surface area (Å²) in [6, 6.07) is 7.42. The van der Waals surface area contributed by atoms with Crippen molar-refractivity contribution in [1.82, 2.24) is 9.97 Å². The second kappa shape index (κ2) is 10.6. The maximum absolute atomic E-state index is 14.9. The summed E-state index contributed by atoms with van der Waals surface area (Å²) in [5.41, 5.74) is -0.677. The van der Waals surface area contributed by atoms with Crippen molar-refractivity contribution in [2.45, 2.75) is 19.8 Å². The highest BCUT2D eigenvalue weighted by Crippen LogP contribution is 2.47. The number of halogens is 2. The third kappa shape index (κ3) is 5.28. The normalized spacial score (nSPS) is 13.8. The van der Waals surface area contributed by atoms with Gasteiger partial charge in [0.25, 0.3) is 11.8 Å². The van der Waals surface area contributed by atoms with E-state index >= 15 is 0 Å². The lowest BCUT2D eigenvalue weighted by atomic mass is 10.0. The van der Waals surface area contributed by atoms with E-state index in [0.717, 1.165) is 6.07 Å². The lowest BCUT2D eigenvalue weighted by molar-refractivity contribution is -0.131. The van der Waals surface area contributed by atoms with Crippen LogP contribution in [0.25, 0.3) is 5.76 Å². The van der Waals surface area contributed by atoms with Crippen molar-refractivity contribution >= 4 is 41.4 Å². The Balaban J connectivity index is 1.48. The van der Waals surface area contributed by atoms with Gasteiger partial charge in [-0.2, -0.15) is 0 Å². The van der Waals surface area contributed by atoms with Gasteiger partial charge in [0, 0.05) is 17.8 Å². The topological polar surface area (TPSA) is 135 Å². The third-order valence-corrected chi connectivity index (χ3v) is 5.80. The lowest BCUT2D eigenvalue weighted by Crippen LogP contribution is -2.35. The number of rotatable bonds is 9. The van der Waals surface area contributed by atoms with Crippen molar-refractivity contribution in [2.75, 3.05) is 17.7 Å². The Morgan fingerprint density at radius 1 is 1.11 bits per heavy atom. The third-order valence-electron chi connectivity index (χ3n) is 5.80. The van der Waals surface area contributed by atoms with E-state index in [2.05, 4.69) is 32.3 Å². The van der Waals surface area contributed by atoms with Crippen molar-refractivity contribution in [2.24, 2.45) is 10.4 Å². The molecule has 3 aromatic rings. The van der Waals surface area contributed by atoms with Crippen LogP contribution in [-0.4, -0.2) is 40.7 Å². The highest BCUT2D eigenvalue weighted by atomic mass is 19.1. The van der Waals surface area contributed by atoms with Crippen molar-refractivity contribution in [3.63, 3.8) is 0 Å². The minimum Gasteiger partial charge on any atom is -0.503 e. The minimum absolute atomic E-state index is 0.0145. The zero-order valence-corrected chi connectivity index (χ0v) is 20.4. The molecule has 0 saturated heterocycles. The molecule has 196 valence electrons. The van der Waals surface area contributed by atoms with Crippen LogP contribution in [0.3, 0.4) is 0 Å². The summed E-state index contributed by atoms with van der Waals surface area (Å²) in [4.78, 5) is 37.5. The molecule has 1 aliphatic rings. The number of hydrogen-bond acceptors (Lipinski definition) is 8. The average molecular weight is 523 g/mol. The number of carbonyl (C=O) groups is 2. The molecule has 1 saturated carbocycles. The zero-order chi connectivity index (χ0) is 27.4. The number of aromatic hydroxyl groups is 1. The summed E-state index contributed by atoms with van der Waals surface area (Å²) in [6.07, 6.45) is 3.27. The lowest BCUT2D eigenvalue weighted by Gasteiger charge is -2.16. The molecule has 2 amide bonds. The van der Waals surface area contributed by atoms with Crippen LogP contribution in [0.4, 0.5) is 25.8 Å². The molecule has 1 aliphatic carbocycles. The molecular formula is C26H23F2N5O5. The number of aromatic nitrogens is 2. The number of methoxy groups -OCH3 is 1. The SMILES string of the molecule is C=Nc1cc(O)c(OC)nc1/C(=C\C)Oc1ncc(NC(=O)C2(C(=O)Nc3ccc(F)cc3)CC2)cc1F. The van der Waals surface area contributed by atoms with Gasteiger partial charge in [-0.15, -0.1) is 0 Å². The first-order valence-corrected chi connectivity index (χ1v) is 11.3. The van der Waals surface area contributed by atoms with E-state index in [1.807, 2.05) is 0 Å². The van der Waals surface area contributed by atoms with Crippen molar-refractivity contribution in [3.8, 4) is 17.5 Å². The zero-order valence-electron chi connectivity index (χ0n) is 20.4. The number of amides is 2. The van der Waals surface area contributed by atoms with E-state index in [1.54, 1.807) is 6.92 Å². The Bertz CT molecular complexity index is 1440. The summed E-state index contributed by atoms with van der Waals surface area (Å²) in [5.74, 6) is -3.25. The summed E-state index contributed by atoms with van der Waals surface area (Å²) >= 11 is 0. The molecule has 2 heterocycles. The molecule has 12 heteroatoms. The standard InChI is InChI=1S/C26H23F2N5O5/c1-4-20(21-18(29-2)12-19(34)23(33-21)37-3)38-22-17(28)11-16(13-30-22)32-25(36)26(9-10-26)24(35)31-15-7-5-14(27)6-8-15/h4-8,11-13,34H,2,9-10H2,1,3H3,(H,31,35)(H,32,36)/b20-4+. The first kappa shape index (κ1) is 26.2. The molecule has 0 radical (unpaired) electrons. The van der Waals surface area contributed by atoms with Crippen LogP contribution >= 0.6 is 0 Å². The molecule has 0 atom stereocenters. The van der Waals surface area contributed by atoms with Gasteiger partial charge in [-0.1, -0.05) is 0 Å². The predicted molar refractivity (Wildman–Crippen MR) is 135 cm³/mol. The second-order valence-corrected chi connectivity index (χ2v) is 8.31. The molecule has 10 nitrogen and oxygen atoms in total. The second-order valence-electron chi connectivity index (χ2n) is 8.31. The van der Waals surface area contributed by atoms with E-state index in [-0.39, 0.29) is 34.5 Å². The van der Waals surface area contributed by atoms with Gasteiger partial charge in [0.2, 0.25) is 11.8 Å². The summed E-state index contributed by atoms with van der Waals surface area (Å²) in [5, 5.41) is 15.0. The largest absolute Gasteiger partial charge is 0.503 e. The number of anilines is 2. The smallest absolute Gasteiger partial charge is 0.257 e. The first-order chi connectivity index (χ1) is 18.2. The summed E-state index contributed by atoms with van der Waals surface area (Å²) in [7, 11) is 1.31. The maximum atomic E-state index is 14.9. The molecule has 0 unspecified atom stereocenters. The number of nitrogens with zero attached hydrogens (tertiary/aromatic N) is 3. The number of ether oxygens (including phenoxy) is 2. The average Bonchev–Trinajstić information content (AvgIpc) is 3.72.